The van der Waals surface area contributed by atoms with E-state index in [9.17, 15) is 17.6 Å². The van der Waals surface area contributed by atoms with Gasteiger partial charge in [0.25, 0.3) is 0 Å². The highest BCUT2D eigenvalue weighted by molar-refractivity contribution is 7.89. The lowest BCUT2D eigenvalue weighted by atomic mass is 10.3. The maximum atomic E-state index is 13.6. The van der Waals surface area contributed by atoms with E-state index in [1.807, 2.05) is 0 Å². The van der Waals surface area contributed by atoms with Gasteiger partial charge in [0.15, 0.2) is 0 Å². The predicted octanol–water partition coefficient (Wildman–Crippen LogP) is -0.486. The molecule has 1 fully saturated rings. The number of nitrogens with one attached hydrogen (secondary N) is 3. The van der Waals surface area contributed by atoms with Crippen molar-refractivity contribution in [2.45, 2.75) is 17.9 Å². The molecule has 1 heterocycles. The van der Waals surface area contributed by atoms with Gasteiger partial charge in [-0.05, 0) is 19.1 Å². The van der Waals surface area contributed by atoms with Gasteiger partial charge in [-0.2, -0.15) is 4.72 Å². The lowest BCUT2D eigenvalue weighted by Gasteiger charge is -2.27. The molecule has 0 aromatic heterocycles. The standard InChI is InChI=1S/C15H23FN4O3S/c1-12(15(21)18-8-11-20-9-6-17-7-10-20)19-24(22,23)14-5-3-2-4-13(14)16/h2-5,12,17,19H,6-11H2,1H3,(H,18,21). The normalized spacial score (nSPS) is 17.4. The summed E-state index contributed by atoms with van der Waals surface area (Å²) in [5.41, 5.74) is 0. The summed E-state index contributed by atoms with van der Waals surface area (Å²) in [5, 5.41) is 5.94. The molecule has 0 spiro atoms. The minimum Gasteiger partial charge on any atom is -0.353 e. The molecule has 24 heavy (non-hydrogen) atoms. The topological polar surface area (TPSA) is 90.5 Å². The van der Waals surface area contributed by atoms with Gasteiger partial charge in [0, 0.05) is 39.3 Å². The molecule has 0 radical (unpaired) electrons. The zero-order valence-corrected chi connectivity index (χ0v) is 14.4. The fraction of sp³-hybridized carbons (Fsp3) is 0.533. The van der Waals surface area contributed by atoms with Crippen LogP contribution in [0.1, 0.15) is 6.92 Å². The van der Waals surface area contributed by atoms with Crippen molar-refractivity contribution in [2.24, 2.45) is 0 Å². The van der Waals surface area contributed by atoms with Gasteiger partial charge >= 0.3 is 0 Å². The van der Waals surface area contributed by atoms with E-state index in [1.165, 1.54) is 19.1 Å². The van der Waals surface area contributed by atoms with E-state index >= 15 is 0 Å². The summed E-state index contributed by atoms with van der Waals surface area (Å²) < 4.78 is 40.1. The van der Waals surface area contributed by atoms with Crippen LogP contribution in [0.25, 0.3) is 0 Å². The smallest absolute Gasteiger partial charge is 0.244 e. The van der Waals surface area contributed by atoms with Crippen molar-refractivity contribution in [1.29, 1.82) is 0 Å². The monoisotopic (exact) mass is 358 g/mol. The zero-order chi connectivity index (χ0) is 17.6. The Hall–Kier alpha value is -1.55. The molecule has 3 N–H and O–H groups in total. The Kier molecular flexibility index (Phi) is 6.67. The molecule has 0 aliphatic carbocycles. The summed E-state index contributed by atoms with van der Waals surface area (Å²) in [6.45, 7) is 6.26. The highest BCUT2D eigenvalue weighted by atomic mass is 32.2. The van der Waals surface area contributed by atoms with E-state index < -0.39 is 32.7 Å². The molecule has 134 valence electrons. The van der Waals surface area contributed by atoms with Crippen molar-refractivity contribution in [2.75, 3.05) is 39.3 Å². The first-order valence-electron chi connectivity index (χ1n) is 7.88. The molecule has 1 aliphatic rings. The summed E-state index contributed by atoms with van der Waals surface area (Å²) in [6, 6.07) is 4.06. The van der Waals surface area contributed by atoms with Crippen LogP contribution in [0.2, 0.25) is 0 Å². The van der Waals surface area contributed by atoms with Crippen LogP contribution in [0, 0.1) is 5.82 Å². The van der Waals surface area contributed by atoms with Crippen LogP contribution < -0.4 is 15.4 Å². The molecule has 0 saturated carbocycles. The van der Waals surface area contributed by atoms with Crippen LogP contribution in [0.15, 0.2) is 29.2 Å². The van der Waals surface area contributed by atoms with Crippen molar-refractivity contribution >= 4 is 15.9 Å². The second kappa shape index (κ2) is 8.52. The zero-order valence-electron chi connectivity index (χ0n) is 13.6. The van der Waals surface area contributed by atoms with E-state index in [0.717, 1.165) is 38.3 Å². The van der Waals surface area contributed by atoms with E-state index in [1.54, 1.807) is 0 Å². The van der Waals surface area contributed by atoms with Crippen molar-refractivity contribution in [1.82, 2.24) is 20.3 Å². The van der Waals surface area contributed by atoms with Crippen molar-refractivity contribution in [3.63, 3.8) is 0 Å². The summed E-state index contributed by atoms with van der Waals surface area (Å²) in [7, 11) is -4.09. The Morgan fingerprint density at radius 1 is 1.33 bits per heavy atom. The van der Waals surface area contributed by atoms with Gasteiger partial charge < -0.3 is 10.6 Å². The number of rotatable bonds is 7. The van der Waals surface area contributed by atoms with E-state index in [0.29, 0.717) is 13.1 Å². The number of piperazine rings is 1. The minimum atomic E-state index is -4.09. The van der Waals surface area contributed by atoms with Gasteiger partial charge in [0.1, 0.15) is 10.7 Å². The molecule has 1 saturated heterocycles. The summed E-state index contributed by atoms with van der Waals surface area (Å²) >= 11 is 0. The van der Waals surface area contributed by atoms with E-state index in [4.69, 9.17) is 0 Å². The second-order valence-corrected chi connectivity index (χ2v) is 7.34. The van der Waals surface area contributed by atoms with Gasteiger partial charge in [0.2, 0.25) is 15.9 Å². The number of hydrogen-bond acceptors (Lipinski definition) is 5. The molecule has 2 rings (SSSR count). The minimum absolute atomic E-state index is 0.435. The first-order chi connectivity index (χ1) is 11.4. The third-order valence-corrected chi connectivity index (χ3v) is 5.36. The van der Waals surface area contributed by atoms with Crippen LogP contribution in [-0.2, 0) is 14.8 Å². The molecule has 1 aromatic rings. The third-order valence-electron chi connectivity index (χ3n) is 3.79. The van der Waals surface area contributed by atoms with Crippen LogP contribution in [0.3, 0.4) is 0 Å². The van der Waals surface area contributed by atoms with Gasteiger partial charge in [-0.25, -0.2) is 12.8 Å². The van der Waals surface area contributed by atoms with Crippen molar-refractivity contribution < 1.29 is 17.6 Å². The average molecular weight is 358 g/mol. The summed E-state index contributed by atoms with van der Waals surface area (Å²) in [5.74, 6) is -1.29. The van der Waals surface area contributed by atoms with Gasteiger partial charge in [0.05, 0.1) is 6.04 Å². The van der Waals surface area contributed by atoms with Gasteiger partial charge in [-0.1, -0.05) is 12.1 Å². The number of halogens is 1. The quantitative estimate of drug-likeness (QED) is 0.612. The molecule has 9 heteroatoms. The number of nitrogens with zero attached hydrogens (tertiary/aromatic N) is 1. The number of hydrogen-bond donors (Lipinski definition) is 3. The molecule has 1 unspecified atom stereocenters. The number of benzene rings is 1. The molecule has 0 bridgehead atoms. The molecule has 1 atom stereocenters. The number of carbonyl (C=O) groups excluding carboxylic acids is 1. The molecule has 1 amide bonds. The lowest BCUT2D eigenvalue weighted by molar-refractivity contribution is -0.122. The fourth-order valence-corrected chi connectivity index (χ4v) is 3.72. The van der Waals surface area contributed by atoms with E-state index in [-0.39, 0.29) is 0 Å². The van der Waals surface area contributed by atoms with Crippen LogP contribution in [-0.4, -0.2) is 64.5 Å². The molecule has 7 nitrogen and oxygen atoms in total. The van der Waals surface area contributed by atoms with Gasteiger partial charge in [-0.15, -0.1) is 0 Å². The fourth-order valence-electron chi connectivity index (χ4n) is 2.44. The Morgan fingerprint density at radius 2 is 2.00 bits per heavy atom. The first kappa shape index (κ1) is 18.8. The Labute approximate surface area is 141 Å². The number of sulfonamides is 1. The highest BCUT2D eigenvalue weighted by Gasteiger charge is 2.24. The molecule has 1 aliphatic heterocycles. The Bertz CT molecular complexity index is 662. The second-order valence-electron chi connectivity index (χ2n) is 5.66. The molecular weight excluding hydrogens is 335 g/mol. The maximum absolute atomic E-state index is 13.6. The van der Waals surface area contributed by atoms with Gasteiger partial charge in [-0.3, -0.25) is 9.69 Å². The summed E-state index contributed by atoms with van der Waals surface area (Å²) in [6.07, 6.45) is 0. The third kappa shape index (κ3) is 5.23. The Morgan fingerprint density at radius 3 is 2.67 bits per heavy atom. The first-order valence-corrected chi connectivity index (χ1v) is 9.36. The van der Waals surface area contributed by atoms with Crippen LogP contribution in [0.5, 0.6) is 0 Å². The van der Waals surface area contributed by atoms with Crippen molar-refractivity contribution in [3.05, 3.63) is 30.1 Å². The van der Waals surface area contributed by atoms with Crippen LogP contribution in [0.4, 0.5) is 4.39 Å². The van der Waals surface area contributed by atoms with Crippen LogP contribution >= 0.6 is 0 Å². The average Bonchev–Trinajstić information content (AvgIpc) is 2.55. The SMILES string of the molecule is CC(NS(=O)(=O)c1ccccc1F)C(=O)NCCN1CCNCC1. The van der Waals surface area contributed by atoms with Crippen molar-refractivity contribution in [3.8, 4) is 0 Å². The summed E-state index contributed by atoms with van der Waals surface area (Å²) in [4.78, 5) is 13.8. The Balaban J connectivity index is 1.83. The highest BCUT2D eigenvalue weighted by Crippen LogP contribution is 2.13. The largest absolute Gasteiger partial charge is 0.353 e. The molecule has 1 aromatic carbocycles. The number of amides is 1. The molecular formula is C15H23FN4O3S. The lowest BCUT2D eigenvalue weighted by Crippen LogP contribution is -2.49. The predicted molar refractivity (Wildman–Crippen MR) is 88.5 cm³/mol. The number of carbonyl (C=O) groups is 1. The van der Waals surface area contributed by atoms with E-state index in [2.05, 4.69) is 20.3 Å². The maximum Gasteiger partial charge on any atom is 0.244 e.